The molecule has 0 radical (unpaired) electrons. The first-order valence-electron chi connectivity index (χ1n) is 4.38. The molecule has 0 atom stereocenters. The zero-order valence-corrected chi connectivity index (χ0v) is 8.51. The third-order valence-corrected chi connectivity index (χ3v) is 2.12. The van der Waals surface area contributed by atoms with E-state index in [-0.39, 0.29) is 0 Å². The van der Waals surface area contributed by atoms with Crippen LogP contribution in [0.3, 0.4) is 0 Å². The van der Waals surface area contributed by atoms with E-state index in [2.05, 4.69) is 15.0 Å². The Labute approximate surface area is 86.3 Å². The van der Waals surface area contributed by atoms with E-state index in [9.17, 15) is 0 Å². The predicted molar refractivity (Wildman–Crippen MR) is 54.2 cm³/mol. The molecule has 2 aromatic heterocycles. The van der Waals surface area contributed by atoms with Gasteiger partial charge in [-0.15, -0.1) is 0 Å². The van der Waals surface area contributed by atoms with Crippen LogP contribution in [0.1, 0.15) is 12.7 Å². The van der Waals surface area contributed by atoms with E-state index in [1.54, 1.807) is 6.20 Å². The van der Waals surface area contributed by atoms with Gasteiger partial charge in [-0.25, -0.2) is 9.97 Å². The van der Waals surface area contributed by atoms with Crippen LogP contribution in [0.4, 0.5) is 0 Å². The third-order valence-electron chi connectivity index (χ3n) is 1.84. The van der Waals surface area contributed by atoms with Gasteiger partial charge in [0.2, 0.25) is 0 Å². The number of fused-ring (bicyclic) bond motifs is 1. The predicted octanol–water partition coefficient (Wildman–Crippen LogP) is 2.15. The van der Waals surface area contributed by atoms with Gasteiger partial charge >= 0.3 is 0 Å². The zero-order chi connectivity index (χ0) is 9.97. The van der Waals surface area contributed by atoms with Crippen molar-refractivity contribution in [1.29, 1.82) is 0 Å². The summed E-state index contributed by atoms with van der Waals surface area (Å²) >= 11 is 5.94. The van der Waals surface area contributed by atoms with Crippen LogP contribution in [0.25, 0.3) is 11.0 Å². The fourth-order valence-electron chi connectivity index (χ4n) is 1.21. The summed E-state index contributed by atoms with van der Waals surface area (Å²) in [5, 5.41) is 0.440. The molecule has 0 aromatic carbocycles. The van der Waals surface area contributed by atoms with Gasteiger partial charge in [-0.05, 0) is 13.0 Å². The van der Waals surface area contributed by atoms with E-state index in [4.69, 9.17) is 16.3 Å². The summed E-state index contributed by atoms with van der Waals surface area (Å²) < 4.78 is 5.21. The van der Waals surface area contributed by atoms with Crippen LogP contribution < -0.4 is 0 Å². The molecular formula is C9H10ClN3O. The highest BCUT2D eigenvalue weighted by Gasteiger charge is 2.05. The molecule has 0 fully saturated rings. The summed E-state index contributed by atoms with van der Waals surface area (Å²) in [6.45, 7) is 2.97. The second-order valence-electron chi connectivity index (χ2n) is 2.81. The van der Waals surface area contributed by atoms with Crippen molar-refractivity contribution in [3.8, 4) is 0 Å². The van der Waals surface area contributed by atoms with Crippen molar-refractivity contribution in [2.45, 2.75) is 13.5 Å². The fourth-order valence-corrected chi connectivity index (χ4v) is 1.46. The van der Waals surface area contributed by atoms with Crippen LogP contribution in [0.5, 0.6) is 0 Å². The van der Waals surface area contributed by atoms with E-state index in [1.807, 2.05) is 13.0 Å². The number of aromatic amines is 1. The van der Waals surface area contributed by atoms with Crippen LogP contribution in [0, 0.1) is 0 Å². The molecule has 0 amide bonds. The van der Waals surface area contributed by atoms with Crippen molar-refractivity contribution in [3.63, 3.8) is 0 Å². The van der Waals surface area contributed by atoms with E-state index < -0.39 is 0 Å². The first kappa shape index (κ1) is 9.43. The molecule has 0 aliphatic rings. The van der Waals surface area contributed by atoms with Gasteiger partial charge in [-0.3, -0.25) is 0 Å². The molecule has 0 spiro atoms. The Kier molecular flexibility index (Phi) is 2.65. The minimum absolute atomic E-state index is 0.400. The number of ether oxygens (including phenoxy) is 1. The van der Waals surface area contributed by atoms with Gasteiger partial charge in [0.15, 0.2) is 11.0 Å². The average molecular weight is 212 g/mol. The van der Waals surface area contributed by atoms with E-state index >= 15 is 0 Å². The van der Waals surface area contributed by atoms with Gasteiger partial charge in [-0.1, -0.05) is 11.6 Å². The van der Waals surface area contributed by atoms with E-state index in [1.165, 1.54) is 0 Å². The first-order valence-corrected chi connectivity index (χ1v) is 4.76. The molecule has 0 bridgehead atoms. The Balaban J connectivity index is 2.38. The Morgan fingerprint density at radius 3 is 3.14 bits per heavy atom. The maximum absolute atomic E-state index is 5.94. The van der Waals surface area contributed by atoms with Crippen molar-refractivity contribution < 1.29 is 4.74 Å². The second kappa shape index (κ2) is 3.94. The van der Waals surface area contributed by atoms with Crippen molar-refractivity contribution in [2.75, 3.05) is 6.61 Å². The minimum Gasteiger partial charge on any atom is -0.374 e. The molecule has 0 saturated heterocycles. The summed E-state index contributed by atoms with van der Waals surface area (Å²) in [4.78, 5) is 11.4. The molecule has 0 unspecified atom stereocenters. The van der Waals surface area contributed by atoms with Crippen LogP contribution in [-0.2, 0) is 11.3 Å². The lowest BCUT2D eigenvalue weighted by atomic mass is 10.4. The first-order chi connectivity index (χ1) is 6.81. The Bertz CT molecular complexity index is 441. The van der Waals surface area contributed by atoms with Crippen molar-refractivity contribution in [1.82, 2.24) is 15.0 Å². The van der Waals surface area contributed by atoms with Crippen LogP contribution in [0.15, 0.2) is 12.3 Å². The van der Waals surface area contributed by atoms with Gasteiger partial charge in [0.25, 0.3) is 0 Å². The Morgan fingerprint density at radius 1 is 1.50 bits per heavy atom. The highest BCUT2D eigenvalue weighted by atomic mass is 35.5. The maximum Gasteiger partial charge on any atom is 0.156 e. The summed E-state index contributed by atoms with van der Waals surface area (Å²) in [5.74, 6) is 0.615. The zero-order valence-electron chi connectivity index (χ0n) is 7.75. The second-order valence-corrected chi connectivity index (χ2v) is 3.16. The highest BCUT2D eigenvalue weighted by molar-refractivity contribution is 6.33. The fraction of sp³-hybridized carbons (Fsp3) is 0.333. The normalized spacial score (nSPS) is 11.0. The molecule has 0 aliphatic heterocycles. The molecule has 2 rings (SSSR count). The van der Waals surface area contributed by atoms with Crippen LogP contribution >= 0.6 is 11.6 Å². The van der Waals surface area contributed by atoms with Crippen LogP contribution in [0.2, 0.25) is 5.15 Å². The smallest absolute Gasteiger partial charge is 0.156 e. The molecule has 1 N–H and O–H groups in total. The highest BCUT2D eigenvalue weighted by Crippen LogP contribution is 2.18. The number of halogens is 1. The van der Waals surface area contributed by atoms with Crippen molar-refractivity contribution in [2.24, 2.45) is 0 Å². The number of rotatable bonds is 3. The number of hydrogen-bond acceptors (Lipinski definition) is 3. The number of nitrogens with zero attached hydrogens (tertiary/aromatic N) is 2. The van der Waals surface area contributed by atoms with E-state index in [0.717, 1.165) is 11.0 Å². The lowest BCUT2D eigenvalue weighted by Gasteiger charge is -2.01. The minimum atomic E-state index is 0.400. The van der Waals surface area contributed by atoms with Gasteiger partial charge in [-0.2, -0.15) is 0 Å². The molecule has 74 valence electrons. The van der Waals surface area contributed by atoms with Crippen molar-refractivity contribution in [3.05, 3.63) is 23.2 Å². The topological polar surface area (TPSA) is 50.8 Å². The number of H-pyrrole nitrogens is 1. The largest absolute Gasteiger partial charge is 0.374 e. The summed E-state index contributed by atoms with van der Waals surface area (Å²) in [7, 11) is 0. The summed E-state index contributed by atoms with van der Waals surface area (Å²) in [6, 6.07) is 1.86. The molecule has 4 nitrogen and oxygen atoms in total. The molecule has 0 aliphatic carbocycles. The Hall–Kier alpha value is -1.13. The Morgan fingerprint density at radius 2 is 2.36 bits per heavy atom. The molecular weight excluding hydrogens is 202 g/mol. The van der Waals surface area contributed by atoms with Gasteiger partial charge < -0.3 is 9.72 Å². The summed E-state index contributed by atoms with van der Waals surface area (Å²) in [6.07, 6.45) is 1.79. The quantitative estimate of drug-likeness (QED) is 0.792. The molecule has 5 heteroatoms. The average Bonchev–Trinajstić information content (AvgIpc) is 2.63. The van der Waals surface area contributed by atoms with Gasteiger partial charge in [0.1, 0.15) is 12.1 Å². The molecule has 2 aromatic rings. The number of nitrogens with one attached hydrogen (secondary N) is 1. The van der Waals surface area contributed by atoms with Crippen molar-refractivity contribution >= 4 is 22.6 Å². The van der Waals surface area contributed by atoms with Gasteiger partial charge in [0.05, 0.1) is 5.52 Å². The monoisotopic (exact) mass is 211 g/mol. The lowest BCUT2D eigenvalue weighted by Crippen LogP contribution is -1.99. The van der Waals surface area contributed by atoms with E-state index in [0.29, 0.717) is 24.2 Å². The molecule has 14 heavy (non-hydrogen) atoms. The number of hydrogen-bond donors (Lipinski definition) is 1. The third kappa shape index (κ3) is 1.71. The number of aromatic nitrogens is 3. The van der Waals surface area contributed by atoms with Crippen LogP contribution in [-0.4, -0.2) is 21.6 Å². The standard InChI is InChI=1S/C9H10ClN3O/c1-2-14-5-7-12-6-3-4-11-8(6)9(10)13-7/h3-4,11H,2,5H2,1H3. The lowest BCUT2D eigenvalue weighted by molar-refractivity contribution is 0.128. The van der Waals surface area contributed by atoms with Gasteiger partial charge in [0, 0.05) is 12.8 Å². The summed E-state index contributed by atoms with van der Waals surface area (Å²) in [5.41, 5.74) is 1.59. The molecule has 0 saturated carbocycles. The molecule has 2 heterocycles. The SMILES string of the molecule is CCOCc1nc(Cl)c2[nH]ccc2n1. The maximum atomic E-state index is 5.94.